The predicted molar refractivity (Wildman–Crippen MR) is 38.9 cm³/mol. The second-order valence-corrected chi connectivity index (χ2v) is 1.81. The van der Waals surface area contributed by atoms with Gasteiger partial charge in [-0.25, -0.2) is 4.79 Å². The molecular weight excluding hydrogens is 144 g/mol. The molecule has 57 valence electrons. The molecule has 3 nitrogen and oxygen atoms in total. The topological polar surface area (TPSA) is 35.5 Å². The van der Waals surface area contributed by atoms with Crippen LogP contribution in [0.25, 0.3) is 0 Å². The molecule has 0 unspecified atom stereocenters. The molecule has 0 heterocycles. The van der Waals surface area contributed by atoms with Crippen molar-refractivity contribution >= 4 is 6.16 Å². The van der Waals surface area contributed by atoms with E-state index in [9.17, 15) is 4.79 Å². The van der Waals surface area contributed by atoms with Crippen LogP contribution in [0.3, 0.4) is 0 Å². The van der Waals surface area contributed by atoms with Crippen LogP contribution in [0.4, 0.5) is 4.79 Å². The number of hydrogen-bond donors (Lipinski definition) is 0. The van der Waals surface area contributed by atoms with E-state index in [2.05, 4.69) is 16.6 Å². The summed E-state index contributed by atoms with van der Waals surface area (Å²) in [5.41, 5.74) is 0. The molecule has 0 aliphatic carbocycles. The van der Waals surface area contributed by atoms with Gasteiger partial charge in [0.1, 0.15) is 12.9 Å². The first-order valence-corrected chi connectivity index (χ1v) is 3.02. The number of para-hydroxylation sites is 1. The van der Waals surface area contributed by atoms with Crippen LogP contribution in [0.1, 0.15) is 0 Å². The van der Waals surface area contributed by atoms with Gasteiger partial charge >= 0.3 is 6.16 Å². The molecule has 1 aromatic rings. The highest BCUT2D eigenvalue weighted by molar-refractivity contribution is 5.63. The Morgan fingerprint density at radius 3 is 2.45 bits per heavy atom. The monoisotopic (exact) mass is 151 g/mol. The number of carbonyl (C=O) groups is 1. The average molecular weight is 151 g/mol. The molecule has 0 saturated carbocycles. The lowest BCUT2D eigenvalue weighted by molar-refractivity contribution is 0.133. The molecule has 0 aliphatic heterocycles. The lowest BCUT2D eigenvalue weighted by atomic mass is 10.3. The van der Waals surface area contributed by atoms with E-state index in [-0.39, 0.29) is 0 Å². The van der Waals surface area contributed by atoms with Gasteiger partial charge in [0.05, 0.1) is 0 Å². The van der Waals surface area contributed by atoms with Crippen molar-refractivity contribution in [1.29, 1.82) is 0 Å². The van der Waals surface area contributed by atoms with Gasteiger partial charge in [0, 0.05) is 0 Å². The van der Waals surface area contributed by atoms with Crippen molar-refractivity contribution < 1.29 is 14.3 Å². The molecule has 0 fully saturated rings. The second-order valence-electron chi connectivity index (χ2n) is 1.81. The lowest BCUT2D eigenvalue weighted by Gasteiger charge is -1.99. The van der Waals surface area contributed by atoms with E-state index in [4.69, 9.17) is 0 Å². The van der Waals surface area contributed by atoms with Gasteiger partial charge in [0.2, 0.25) is 0 Å². The minimum absolute atomic E-state index is 0.446. The molecular formula is C8H7O3. The Labute approximate surface area is 64.5 Å². The minimum atomic E-state index is -0.809. The largest absolute Gasteiger partial charge is 0.513 e. The third-order valence-corrected chi connectivity index (χ3v) is 1.06. The van der Waals surface area contributed by atoms with E-state index in [1.807, 2.05) is 6.07 Å². The fourth-order valence-electron chi connectivity index (χ4n) is 0.614. The quantitative estimate of drug-likeness (QED) is 0.454. The van der Waals surface area contributed by atoms with Crippen LogP contribution in [0, 0.1) is 7.11 Å². The highest BCUT2D eigenvalue weighted by Gasteiger charge is 2.00. The maximum atomic E-state index is 10.5. The van der Waals surface area contributed by atoms with Gasteiger partial charge in [-0.1, -0.05) is 18.2 Å². The fourth-order valence-corrected chi connectivity index (χ4v) is 0.614. The van der Waals surface area contributed by atoms with E-state index < -0.39 is 6.16 Å². The highest BCUT2D eigenvalue weighted by atomic mass is 16.7. The maximum absolute atomic E-state index is 10.5. The summed E-state index contributed by atoms with van der Waals surface area (Å²) < 4.78 is 8.68. The first-order chi connectivity index (χ1) is 5.33. The molecule has 1 rings (SSSR count). The van der Waals surface area contributed by atoms with Gasteiger partial charge in [-0.3, -0.25) is 0 Å². The Bertz CT molecular complexity index is 230. The summed E-state index contributed by atoms with van der Waals surface area (Å²) in [6, 6.07) is 8.63. The molecule has 3 heteroatoms. The van der Waals surface area contributed by atoms with Crippen molar-refractivity contribution in [1.82, 2.24) is 0 Å². The van der Waals surface area contributed by atoms with Gasteiger partial charge in [-0.05, 0) is 12.1 Å². The summed E-state index contributed by atoms with van der Waals surface area (Å²) in [7, 11) is 2.91. The highest BCUT2D eigenvalue weighted by Crippen LogP contribution is 2.08. The van der Waals surface area contributed by atoms with Gasteiger partial charge < -0.3 is 9.47 Å². The third-order valence-electron chi connectivity index (χ3n) is 1.06. The molecule has 1 radical (unpaired) electrons. The van der Waals surface area contributed by atoms with Crippen LogP contribution in [0.2, 0.25) is 0 Å². The second kappa shape index (κ2) is 3.61. The van der Waals surface area contributed by atoms with Crippen molar-refractivity contribution in [3.05, 3.63) is 37.4 Å². The minimum Gasteiger partial charge on any atom is -0.430 e. The van der Waals surface area contributed by atoms with E-state index in [0.29, 0.717) is 5.75 Å². The SMILES string of the molecule is [CH2]OC(=O)Oc1ccccc1. The van der Waals surface area contributed by atoms with Crippen LogP contribution in [0.5, 0.6) is 5.75 Å². The third kappa shape index (κ3) is 2.29. The summed E-state index contributed by atoms with van der Waals surface area (Å²) in [4.78, 5) is 10.5. The van der Waals surface area contributed by atoms with E-state index >= 15 is 0 Å². The van der Waals surface area contributed by atoms with Crippen LogP contribution in [0.15, 0.2) is 30.3 Å². The average Bonchev–Trinajstić information content (AvgIpc) is 2.06. The number of hydrogen-bond acceptors (Lipinski definition) is 3. The van der Waals surface area contributed by atoms with E-state index in [1.54, 1.807) is 24.3 Å². The Hall–Kier alpha value is -1.51. The summed E-state index contributed by atoms with van der Waals surface area (Å²) >= 11 is 0. The summed E-state index contributed by atoms with van der Waals surface area (Å²) in [6.07, 6.45) is -0.809. The van der Waals surface area contributed by atoms with Crippen molar-refractivity contribution in [2.24, 2.45) is 0 Å². The maximum Gasteiger partial charge on any atom is 0.513 e. The van der Waals surface area contributed by atoms with Gasteiger partial charge in [-0.2, -0.15) is 0 Å². The Morgan fingerprint density at radius 1 is 1.27 bits per heavy atom. The lowest BCUT2D eigenvalue weighted by Crippen LogP contribution is -2.05. The van der Waals surface area contributed by atoms with Crippen molar-refractivity contribution in [2.45, 2.75) is 0 Å². The Morgan fingerprint density at radius 2 is 1.91 bits per heavy atom. The van der Waals surface area contributed by atoms with Crippen LogP contribution < -0.4 is 4.74 Å². The fraction of sp³-hybridized carbons (Fsp3) is 0. The van der Waals surface area contributed by atoms with Crippen LogP contribution in [-0.2, 0) is 4.74 Å². The molecule has 0 aliphatic rings. The van der Waals surface area contributed by atoms with E-state index in [1.165, 1.54) is 0 Å². The van der Waals surface area contributed by atoms with Crippen LogP contribution in [-0.4, -0.2) is 6.16 Å². The molecule has 0 spiro atoms. The smallest absolute Gasteiger partial charge is 0.430 e. The standard InChI is InChI=1S/C8H7O3/c1-10-8(9)11-7-5-3-2-4-6-7/h2-6H,1H2. The zero-order chi connectivity index (χ0) is 8.10. The Kier molecular flexibility index (Phi) is 2.49. The summed E-state index contributed by atoms with van der Waals surface area (Å²) in [6.45, 7) is 0. The van der Waals surface area contributed by atoms with Gasteiger partial charge in [-0.15, -0.1) is 0 Å². The zero-order valence-electron chi connectivity index (χ0n) is 5.82. The molecule has 0 bridgehead atoms. The number of ether oxygens (including phenoxy) is 2. The molecule has 0 N–H and O–H groups in total. The van der Waals surface area contributed by atoms with E-state index in [0.717, 1.165) is 0 Å². The molecule has 1 aromatic carbocycles. The molecule has 0 amide bonds. The van der Waals surface area contributed by atoms with Gasteiger partial charge in [0.25, 0.3) is 0 Å². The zero-order valence-corrected chi connectivity index (χ0v) is 5.82. The normalized spacial score (nSPS) is 8.82. The molecule has 0 atom stereocenters. The molecule has 0 aromatic heterocycles. The number of benzene rings is 1. The van der Waals surface area contributed by atoms with Crippen molar-refractivity contribution in [2.75, 3.05) is 0 Å². The first kappa shape index (κ1) is 7.60. The van der Waals surface area contributed by atoms with Gasteiger partial charge in [0.15, 0.2) is 0 Å². The predicted octanol–water partition coefficient (Wildman–Crippen LogP) is 1.99. The summed E-state index contributed by atoms with van der Waals surface area (Å²) in [5, 5.41) is 0. The molecule has 11 heavy (non-hydrogen) atoms. The van der Waals surface area contributed by atoms with Crippen LogP contribution >= 0.6 is 0 Å². The summed E-state index contributed by atoms with van der Waals surface area (Å²) in [5.74, 6) is 0.446. The number of rotatable bonds is 1. The Balaban J connectivity index is 2.58. The number of carbonyl (C=O) groups excluding carboxylic acids is 1. The first-order valence-electron chi connectivity index (χ1n) is 3.02. The molecule has 0 saturated heterocycles. The van der Waals surface area contributed by atoms with Crippen molar-refractivity contribution in [3.8, 4) is 5.75 Å². The van der Waals surface area contributed by atoms with Crippen molar-refractivity contribution in [3.63, 3.8) is 0 Å².